The van der Waals surface area contributed by atoms with Crippen LogP contribution in [0.25, 0.3) is 0 Å². The second-order valence-corrected chi connectivity index (χ2v) is 9.14. The molecule has 3 rings (SSSR count). The highest BCUT2D eigenvalue weighted by molar-refractivity contribution is 7.89. The van der Waals surface area contributed by atoms with Crippen molar-refractivity contribution in [1.29, 1.82) is 0 Å². The zero-order valence-electron chi connectivity index (χ0n) is 15.0. The van der Waals surface area contributed by atoms with Crippen molar-refractivity contribution in [3.8, 4) is 5.75 Å². The Kier molecular flexibility index (Phi) is 5.58. The first kappa shape index (κ1) is 19.2. The van der Waals surface area contributed by atoms with E-state index in [1.54, 1.807) is 30.3 Å². The van der Waals surface area contributed by atoms with E-state index in [1.807, 2.05) is 19.9 Å². The average molecular weight is 396 g/mol. The molecule has 1 fully saturated rings. The van der Waals surface area contributed by atoms with E-state index >= 15 is 0 Å². The zero-order chi connectivity index (χ0) is 18.9. The Bertz CT molecular complexity index is 907. The summed E-state index contributed by atoms with van der Waals surface area (Å²) in [5, 5.41) is 10.4. The number of hydrogen-bond acceptors (Lipinski definition) is 3. The monoisotopic (exact) mass is 395 g/mol. The van der Waals surface area contributed by atoms with Crippen LogP contribution in [0, 0.1) is 13.8 Å². The van der Waals surface area contributed by atoms with E-state index in [9.17, 15) is 13.5 Å². The van der Waals surface area contributed by atoms with Gasteiger partial charge in [-0.1, -0.05) is 23.7 Å². The number of halogens is 1. The van der Waals surface area contributed by atoms with E-state index in [4.69, 9.17) is 11.6 Å². The number of sulfonamides is 1. The molecule has 7 heteroatoms. The number of nitrogens with zero attached hydrogens (tertiary/aromatic N) is 1. The maximum absolute atomic E-state index is 12.8. The molecule has 0 atom stereocenters. The lowest BCUT2D eigenvalue weighted by Crippen LogP contribution is -3.13. The van der Waals surface area contributed by atoms with Gasteiger partial charge in [-0.05, 0) is 49.2 Å². The highest BCUT2D eigenvalue weighted by atomic mass is 35.5. The summed E-state index contributed by atoms with van der Waals surface area (Å²) >= 11 is 6.07. The highest BCUT2D eigenvalue weighted by Crippen LogP contribution is 2.24. The van der Waals surface area contributed by atoms with Gasteiger partial charge in [-0.25, -0.2) is 8.42 Å². The summed E-state index contributed by atoms with van der Waals surface area (Å²) in [6.07, 6.45) is 0. The standard InChI is InChI=1S/C19H23ClN2O3S/c1-14-11-16(18(23)12-15(14)2)13-21-7-9-22(10-8-21)26(24,25)19-6-4-3-5-17(19)20/h3-6,11-12,23H,7-10,13H2,1-2H3/p+1. The molecule has 1 saturated heterocycles. The van der Waals surface area contributed by atoms with Crippen molar-refractivity contribution in [3.63, 3.8) is 0 Å². The molecule has 1 aliphatic heterocycles. The van der Waals surface area contributed by atoms with Crippen LogP contribution in [0.5, 0.6) is 5.75 Å². The molecule has 0 saturated carbocycles. The second kappa shape index (κ2) is 7.56. The van der Waals surface area contributed by atoms with E-state index in [0.717, 1.165) is 16.7 Å². The summed E-state index contributed by atoms with van der Waals surface area (Å²) in [6.45, 7) is 6.95. The Balaban J connectivity index is 1.68. The van der Waals surface area contributed by atoms with Crippen molar-refractivity contribution in [2.45, 2.75) is 25.3 Å². The van der Waals surface area contributed by atoms with Crippen molar-refractivity contribution < 1.29 is 18.4 Å². The van der Waals surface area contributed by atoms with Crippen LogP contribution in [0.4, 0.5) is 0 Å². The molecule has 5 nitrogen and oxygen atoms in total. The van der Waals surface area contributed by atoms with Gasteiger partial charge in [0.25, 0.3) is 0 Å². The minimum atomic E-state index is -3.57. The summed E-state index contributed by atoms with van der Waals surface area (Å²) in [4.78, 5) is 1.42. The summed E-state index contributed by atoms with van der Waals surface area (Å²) < 4.78 is 27.1. The van der Waals surface area contributed by atoms with Gasteiger partial charge in [-0.2, -0.15) is 4.31 Å². The molecule has 1 heterocycles. The van der Waals surface area contributed by atoms with Crippen LogP contribution >= 0.6 is 11.6 Å². The fourth-order valence-electron chi connectivity index (χ4n) is 3.28. The number of rotatable bonds is 4. The molecule has 26 heavy (non-hydrogen) atoms. The maximum atomic E-state index is 12.8. The first-order chi connectivity index (χ1) is 12.3. The molecule has 0 bridgehead atoms. The van der Waals surface area contributed by atoms with Crippen LogP contribution in [0.3, 0.4) is 0 Å². The number of aryl methyl sites for hydroxylation is 2. The van der Waals surface area contributed by atoms with Crippen molar-refractivity contribution in [1.82, 2.24) is 4.31 Å². The molecule has 0 aliphatic carbocycles. The molecule has 0 unspecified atom stereocenters. The van der Waals surface area contributed by atoms with Crippen LogP contribution in [0.2, 0.25) is 5.02 Å². The van der Waals surface area contributed by atoms with Crippen molar-refractivity contribution >= 4 is 21.6 Å². The third kappa shape index (κ3) is 3.88. The number of nitrogens with one attached hydrogen (secondary N) is 1. The molecular formula is C19H24ClN2O3S+. The fourth-order valence-corrected chi connectivity index (χ4v) is 5.22. The SMILES string of the molecule is Cc1cc(O)c(C[NH+]2CCN(S(=O)(=O)c3ccccc3Cl)CC2)cc1C. The van der Waals surface area contributed by atoms with Gasteiger partial charge >= 0.3 is 0 Å². The van der Waals surface area contributed by atoms with E-state index in [1.165, 1.54) is 9.21 Å². The lowest BCUT2D eigenvalue weighted by atomic mass is 10.0. The maximum Gasteiger partial charge on any atom is 0.244 e. The third-order valence-corrected chi connectivity index (χ3v) is 7.42. The molecule has 0 spiro atoms. The fraction of sp³-hybridized carbons (Fsp3) is 0.368. The minimum absolute atomic E-state index is 0.164. The van der Waals surface area contributed by atoms with E-state index < -0.39 is 10.0 Å². The van der Waals surface area contributed by atoms with Crippen LogP contribution in [-0.4, -0.2) is 44.0 Å². The van der Waals surface area contributed by atoms with Gasteiger partial charge in [0, 0.05) is 5.56 Å². The van der Waals surface area contributed by atoms with Crippen molar-refractivity contribution in [2.24, 2.45) is 0 Å². The van der Waals surface area contributed by atoms with E-state index in [0.29, 0.717) is 38.5 Å². The number of hydrogen-bond donors (Lipinski definition) is 2. The minimum Gasteiger partial charge on any atom is -0.507 e. The van der Waals surface area contributed by atoms with Gasteiger partial charge in [-0.15, -0.1) is 0 Å². The van der Waals surface area contributed by atoms with Crippen LogP contribution in [0.15, 0.2) is 41.3 Å². The first-order valence-corrected chi connectivity index (χ1v) is 10.5. The summed E-state index contributed by atoms with van der Waals surface area (Å²) in [5.74, 6) is 0.312. The largest absolute Gasteiger partial charge is 0.507 e. The first-order valence-electron chi connectivity index (χ1n) is 8.66. The molecule has 2 N–H and O–H groups in total. The number of piperazine rings is 1. The molecule has 1 aliphatic rings. The smallest absolute Gasteiger partial charge is 0.244 e. The van der Waals surface area contributed by atoms with Crippen molar-refractivity contribution in [3.05, 3.63) is 58.1 Å². The van der Waals surface area contributed by atoms with Gasteiger partial charge in [0.15, 0.2) is 0 Å². The van der Waals surface area contributed by atoms with Crippen molar-refractivity contribution in [2.75, 3.05) is 26.2 Å². The van der Waals surface area contributed by atoms with Crippen LogP contribution in [0.1, 0.15) is 16.7 Å². The van der Waals surface area contributed by atoms with E-state index in [-0.39, 0.29) is 9.92 Å². The number of quaternary nitrogens is 1. The number of benzene rings is 2. The predicted octanol–water partition coefficient (Wildman–Crippen LogP) is 1.75. The third-order valence-electron chi connectivity index (χ3n) is 5.02. The molecule has 0 aromatic heterocycles. The summed E-state index contributed by atoms with van der Waals surface area (Å²) in [6, 6.07) is 10.4. The zero-order valence-corrected chi connectivity index (χ0v) is 16.6. The topological polar surface area (TPSA) is 62.1 Å². The lowest BCUT2D eigenvalue weighted by molar-refractivity contribution is -0.917. The summed E-state index contributed by atoms with van der Waals surface area (Å²) in [5.41, 5.74) is 3.12. The normalized spacial score (nSPS) is 16.7. The summed E-state index contributed by atoms with van der Waals surface area (Å²) in [7, 11) is -3.57. The molecular weight excluding hydrogens is 372 g/mol. The Morgan fingerprint density at radius 3 is 2.38 bits per heavy atom. The number of phenols is 1. The predicted molar refractivity (Wildman–Crippen MR) is 102 cm³/mol. The Morgan fingerprint density at radius 1 is 1.12 bits per heavy atom. The lowest BCUT2D eigenvalue weighted by Gasteiger charge is -2.32. The quantitative estimate of drug-likeness (QED) is 0.829. The number of aromatic hydroxyl groups is 1. The van der Waals surface area contributed by atoms with Crippen LogP contribution < -0.4 is 4.90 Å². The average Bonchev–Trinajstić information content (AvgIpc) is 2.60. The van der Waals surface area contributed by atoms with Gasteiger partial charge in [0.2, 0.25) is 10.0 Å². The molecule has 2 aromatic carbocycles. The number of phenolic OH excluding ortho intramolecular Hbond substituents is 1. The van der Waals surface area contributed by atoms with Gasteiger partial charge in [0.1, 0.15) is 17.2 Å². The Labute approximate surface area is 159 Å². The molecule has 0 amide bonds. The highest BCUT2D eigenvalue weighted by Gasteiger charge is 2.31. The Hall–Kier alpha value is -1.60. The van der Waals surface area contributed by atoms with Gasteiger partial charge in [0.05, 0.1) is 31.2 Å². The van der Waals surface area contributed by atoms with E-state index in [2.05, 4.69) is 0 Å². The second-order valence-electron chi connectivity index (χ2n) is 6.83. The molecule has 0 radical (unpaired) electrons. The van der Waals surface area contributed by atoms with Crippen LogP contribution in [-0.2, 0) is 16.6 Å². The molecule has 2 aromatic rings. The van der Waals surface area contributed by atoms with Gasteiger partial charge < -0.3 is 10.0 Å². The molecule has 140 valence electrons. The Morgan fingerprint density at radius 2 is 1.73 bits per heavy atom. The van der Waals surface area contributed by atoms with Gasteiger partial charge in [-0.3, -0.25) is 0 Å².